The van der Waals surface area contributed by atoms with E-state index in [1.807, 2.05) is 6.92 Å². The second kappa shape index (κ2) is 6.90. The summed E-state index contributed by atoms with van der Waals surface area (Å²) >= 11 is 0. The van der Waals surface area contributed by atoms with Crippen LogP contribution in [0.3, 0.4) is 0 Å². The fraction of sp³-hybridized carbons (Fsp3) is 0.333. The van der Waals surface area contributed by atoms with E-state index in [1.54, 1.807) is 25.3 Å². The van der Waals surface area contributed by atoms with Crippen molar-refractivity contribution < 1.29 is 14.6 Å². The van der Waals surface area contributed by atoms with Crippen molar-refractivity contribution in [2.45, 2.75) is 26.4 Å². The Hall–Kier alpha value is -2.34. The summed E-state index contributed by atoms with van der Waals surface area (Å²) in [6.45, 7) is 1.99. The van der Waals surface area contributed by atoms with E-state index in [0.29, 0.717) is 23.2 Å². The standard InChI is InChI=1S/C15H19N3O3/c1-3-4-11-14(16)17-9-18-15(11)21-12-6-5-10(8-19)7-13(12)20-2/h5-7,9,19H,3-4,8H2,1-2H3,(H2,16,17,18). The maximum Gasteiger partial charge on any atom is 0.227 e. The number of aliphatic hydroxyl groups excluding tert-OH is 1. The lowest BCUT2D eigenvalue weighted by molar-refractivity contribution is 0.280. The number of benzene rings is 1. The molecule has 0 radical (unpaired) electrons. The molecule has 21 heavy (non-hydrogen) atoms. The van der Waals surface area contributed by atoms with Gasteiger partial charge < -0.3 is 20.3 Å². The maximum absolute atomic E-state index is 9.16. The first-order chi connectivity index (χ1) is 10.2. The van der Waals surface area contributed by atoms with Crippen LogP contribution in [0.5, 0.6) is 17.4 Å². The highest BCUT2D eigenvalue weighted by molar-refractivity contribution is 5.49. The Bertz CT molecular complexity index is 617. The van der Waals surface area contributed by atoms with Crippen molar-refractivity contribution in [2.24, 2.45) is 0 Å². The molecule has 0 saturated carbocycles. The van der Waals surface area contributed by atoms with Gasteiger partial charge in [-0.05, 0) is 24.1 Å². The van der Waals surface area contributed by atoms with Crippen LogP contribution in [0.2, 0.25) is 0 Å². The van der Waals surface area contributed by atoms with Crippen LogP contribution in [0, 0.1) is 0 Å². The molecule has 0 fully saturated rings. The van der Waals surface area contributed by atoms with E-state index in [2.05, 4.69) is 9.97 Å². The Labute approximate surface area is 123 Å². The predicted molar refractivity (Wildman–Crippen MR) is 79.4 cm³/mol. The number of ether oxygens (including phenoxy) is 2. The molecule has 6 nitrogen and oxygen atoms in total. The average molecular weight is 289 g/mol. The Kier molecular flexibility index (Phi) is 4.94. The number of nitrogen functional groups attached to an aromatic ring is 1. The molecule has 0 amide bonds. The number of aromatic nitrogens is 2. The van der Waals surface area contributed by atoms with Crippen LogP contribution in [0.1, 0.15) is 24.5 Å². The van der Waals surface area contributed by atoms with Gasteiger partial charge in [-0.1, -0.05) is 19.4 Å². The fourth-order valence-corrected chi connectivity index (χ4v) is 1.98. The van der Waals surface area contributed by atoms with Gasteiger partial charge in [0, 0.05) is 0 Å². The molecule has 0 unspecified atom stereocenters. The summed E-state index contributed by atoms with van der Waals surface area (Å²) in [5.41, 5.74) is 7.41. The highest BCUT2D eigenvalue weighted by Gasteiger charge is 2.13. The summed E-state index contributed by atoms with van der Waals surface area (Å²) in [6.07, 6.45) is 3.02. The zero-order valence-electron chi connectivity index (χ0n) is 12.2. The van der Waals surface area contributed by atoms with Gasteiger partial charge in [0.2, 0.25) is 5.88 Å². The van der Waals surface area contributed by atoms with Gasteiger partial charge >= 0.3 is 0 Å². The molecular formula is C15H19N3O3. The maximum atomic E-state index is 9.16. The van der Waals surface area contributed by atoms with Gasteiger partial charge in [0.05, 0.1) is 19.3 Å². The van der Waals surface area contributed by atoms with E-state index in [1.165, 1.54) is 6.33 Å². The van der Waals surface area contributed by atoms with Gasteiger partial charge in [-0.3, -0.25) is 0 Å². The molecular weight excluding hydrogens is 270 g/mol. The van der Waals surface area contributed by atoms with Gasteiger partial charge in [0.15, 0.2) is 11.5 Å². The number of methoxy groups -OCH3 is 1. The summed E-state index contributed by atoms with van der Waals surface area (Å²) in [4.78, 5) is 8.15. The lowest BCUT2D eigenvalue weighted by Crippen LogP contribution is -2.03. The number of aliphatic hydroxyl groups is 1. The predicted octanol–water partition coefficient (Wildman–Crippen LogP) is 2.30. The van der Waals surface area contributed by atoms with Crippen LogP contribution >= 0.6 is 0 Å². The molecule has 0 saturated heterocycles. The minimum atomic E-state index is -0.0574. The normalized spacial score (nSPS) is 10.4. The topological polar surface area (TPSA) is 90.5 Å². The molecule has 0 atom stereocenters. The molecule has 2 aromatic rings. The smallest absolute Gasteiger partial charge is 0.227 e. The monoisotopic (exact) mass is 289 g/mol. The minimum Gasteiger partial charge on any atom is -0.493 e. The van der Waals surface area contributed by atoms with Crippen molar-refractivity contribution in [3.05, 3.63) is 35.7 Å². The van der Waals surface area contributed by atoms with E-state index in [-0.39, 0.29) is 6.61 Å². The number of rotatable bonds is 6. The van der Waals surface area contributed by atoms with E-state index in [9.17, 15) is 0 Å². The Morgan fingerprint density at radius 3 is 2.71 bits per heavy atom. The molecule has 0 aliphatic carbocycles. The molecule has 0 spiro atoms. The lowest BCUT2D eigenvalue weighted by Gasteiger charge is -2.13. The zero-order valence-corrected chi connectivity index (χ0v) is 12.2. The third kappa shape index (κ3) is 3.41. The van der Waals surface area contributed by atoms with Crippen LogP contribution in [-0.2, 0) is 13.0 Å². The van der Waals surface area contributed by atoms with Crippen LogP contribution in [0.4, 0.5) is 5.82 Å². The molecule has 1 heterocycles. The third-order valence-electron chi connectivity index (χ3n) is 3.06. The van der Waals surface area contributed by atoms with E-state index >= 15 is 0 Å². The summed E-state index contributed by atoms with van der Waals surface area (Å²) in [5.74, 6) is 1.90. The molecule has 3 N–H and O–H groups in total. The molecule has 1 aromatic heterocycles. The number of nitrogens with zero attached hydrogens (tertiary/aromatic N) is 2. The van der Waals surface area contributed by atoms with Gasteiger partial charge in [0.25, 0.3) is 0 Å². The molecule has 112 valence electrons. The zero-order chi connectivity index (χ0) is 15.2. The summed E-state index contributed by atoms with van der Waals surface area (Å²) in [7, 11) is 1.55. The van der Waals surface area contributed by atoms with Gasteiger partial charge in [-0.15, -0.1) is 0 Å². The summed E-state index contributed by atoms with van der Waals surface area (Å²) < 4.78 is 11.1. The number of anilines is 1. The second-order valence-corrected chi connectivity index (χ2v) is 4.54. The summed E-state index contributed by atoms with van der Waals surface area (Å²) in [5, 5.41) is 9.16. The molecule has 0 bridgehead atoms. The molecule has 0 aliphatic heterocycles. The SMILES string of the molecule is CCCc1c(N)ncnc1Oc1ccc(CO)cc1OC. The Morgan fingerprint density at radius 2 is 2.05 bits per heavy atom. The minimum absolute atomic E-state index is 0.0574. The largest absolute Gasteiger partial charge is 0.493 e. The number of hydrogen-bond donors (Lipinski definition) is 2. The van der Waals surface area contributed by atoms with E-state index in [4.69, 9.17) is 20.3 Å². The van der Waals surface area contributed by atoms with Crippen molar-refractivity contribution in [1.29, 1.82) is 0 Å². The van der Waals surface area contributed by atoms with E-state index in [0.717, 1.165) is 24.0 Å². The number of nitrogens with two attached hydrogens (primary N) is 1. The molecule has 6 heteroatoms. The van der Waals surface area contributed by atoms with Crippen LogP contribution in [-0.4, -0.2) is 22.2 Å². The second-order valence-electron chi connectivity index (χ2n) is 4.54. The molecule has 0 aliphatic rings. The highest BCUT2D eigenvalue weighted by atomic mass is 16.5. The quantitative estimate of drug-likeness (QED) is 0.848. The molecule has 1 aromatic carbocycles. The van der Waals surface area contributed by atoms with Crippen molar-refractivity contribution >= 4 is 5.82 Å². The van der Waals surface area contributed by atoms with E-state index < -0.39 is 0 Å². The lowest BCUT2D eigenvalue weighted by atomic mass is 10.1. The first-order valence-corrected chi connectivity index (χ1v) is 6.74. The van der Waals surface area contributed by atoms with Gasteiger partial charge in [-0.2, -0.15) is 0 Å². The van der Waals surface area contributed by atoms with Crippen LogP contribution < -0.4 is 15.2 Å². The Morgan fingerprint density at radius 1 is 1.24 bits per heavy atom. The first-order valence-electron chi connectivity index (χ1n) is 6.74. The number of hydrogen-bond acceptors (Lipinski definition) is 6. The van der Waals surface area contributed by atoms with Gasteiger partial charge in [-0.25, -0.2) is 9.97 Å². The van der Waals surface area contributed by atoms with Crippen molar-refractivity contribution in [2.75, 3.05) is 12.8 Å². The van der Waals surface area contributed by atoms with Crippen LogP contribution in [0.25, 0.3) is 0 Å². The first kappa shape index (κ1) is 15.1. The highest BCUT2D eigenvalue weighted by Crippen LogP contribution is 2.34. The van der Waals surface area contributed by atoms with Gasteiger partial charge in [0.1, 0.15) is 12.1 Å². The Balaban J connectivity index is 2.36. The average Bonchev–Trinajstić information content (AvgIpc) is 2.51. The third-order valence-corrected chi connectivity index (χ3v) is 3.06. The van der Waals surface area contributed by atoms with Crippen molar-refractivity contribution in [1.82, 2.24) is 9.97 Å². The molecule has 2 rings (SSSR count). The van der Waals surface area contributed by atoms with Crippen molar-refractivity contribution in [3.8, 4) is 17.4 Å². The van der Waals surface area contributed by atoms with Crippen molar-refractivity contribution in [3.63, 3.8) is 0 Å². The van der Waals surface area contributed by atoms with Crippen LogP contribution in [0.15, 0.2) is 24.5 Å². The fourth-order valence-electron chi connectivity index (χ4n) is 1.98. The summed E-state index contributed by atoms with van der Waals surface area (Å²) in [6, 6.07) is 5.22.